The Bertz CT molecular complexity index is 709. The van der Waals surface area contributed by atoms with E-state index in [0.717, 1.165) is 44.5 Å². The van der Waals surface area contributed by atoms with Crippen molar-refractivity contribution in [1.82, 2.24) is 9.88 Å². The number of hydrogen-bond acceptors (Lipinski definition) is 5. The zero-order valence-electron chi connectivity index (χ0n) is 14.8. The second-order valence-corrected chi connectivity index (χ2v) is 7.31. The van der Waals surface area contributed by atoms with Crippen molar-refractivity contribution >= 4 is 5.91 Å². The number of piperidine rings is 1. The Morgan fingerprint density at radius 2 is 2.08 bits per heavy atom. The van der Waals surface area contributed by atoms with Crippen LogP contribution in [-0.4, -0.2) is 48.2 Å². The summed E-state index contributed by atoms with van der Waals surface area (Å²) in [7, 11) is 0. The Labute approximate surface area is 153 Å². The molecule has 2 aromatic rings. The van der Waals surface area contributed by atoms with Crippen molar-refractivity contribution in [2.45, 2.75) is 32.0 Å². The quantitative estimate of drug-likeness (QED) is 0.824. The smallest absolute Gasteiger partial charge is 0.257 e. The van der Waals surface area contributed by atoms with Crippen molar-refractivity contribution in [3.8, 4) is 0 Å². The van der Waals surface area contributed by atoms with Crippen LogP contribution in [-0.2, 0) is 16.1 Å². The number of carbonyl (C=O) groups excluding carboxylic acids is 1. The molecule has 0 radical (unpaired) electrons. The summed E-state index contributed by atoms with van der Waals surface area (Å²) in [5.74, 6) is 0.0600. The maximum atomic E-state index is 12.4. The molecule has 2 aromatic heterocycles. The van der Waals surface area contributed by atoms with Crippen molar-refractivity contribution in [3.63, 3.8) is 0 Å². The molecule has 0 aliphatic carbocycles. The first-order chi connectivity index (χ1) is 12.7. The molecule has 1 spiro atoms. The molecule has 1 atom stereocenters. The highest BCUT2D eigenvalue weighted by molar-refractivity contribution is 5.93. The van der Waals surface area contributed by atoms with Crippen molar-refractivity contribution in [2.75, 3.05) is 26.3 Å². The number of hydrogen-bond donors (Lipinski definition) is 0. The van der Waals surface area contributed by atoms with Crippen LogP contribution in [0.1, 0.15) is 35.2 Å². The minimum Gasteiger partial charge on any atom is -0.472 e. The zero-order chi connectivity index (χ0) is 17.8. The molecule has 2 saturated heterocycles. The van der Waals surface area contributed by atoms with E-state index >= 15 is 0 Å². The second kappa shape index (κ2) is 7.60. The minimum atomic E-state index is 0.0600. The first-order valence-corrected chi connectivity index (χ1v) is 9.14. The Morgan fingerprint density at radius 3 is 2.81 bits per heavy atom. The normalized spacial score (nSPS) is 22.0. The average molecular weight is 356 g/mol. The van der Waals surface area contributed by atoms with E-state index in [1.165, 1.54) is 6.26 Å². The van der Waals surface area contributed by atoms with Crippen molar-refractivity contribution in [3.05, 3.63) is 54.2 Å². The van der Waals surface area contributed by atoms with Gasteiger partial charge < -0.3 is 18.8 Å². The summed E-state index contributed by atoms with van der Waals surface area (Å²) < 4.78 is 16.8. The van der Waals surface area contributed by atoms with Crippen LogP contribution in [0.2, 0.25) is 0 Å². The highest BCUT2D eigenvalue weighted by Gasteiger charge is 2.43. The maximum Gasteiger partial charge on any atom is 0.257 e. The topological polar surface area (TPSA) is 64.8 Å². The van der Waals surface area contributed by atoms with Gasteiger partial charge in [0.25, 0.3) is 5.91 Å². The molecule has 2 fully saturated rings. The monoisotopic (exact) mass is 356 g/mol. The van der Waals surface area contributed by atoms with Gasteiger partial charge in [-0.2, -0.15) is 0 Å². The summed E-state index contributed by atoms with van der Waals surface area (Å²) >= 11 is 0. The van der Waals surface area contributed by atoms with Crippen molar-refractivity contribution < 1.29 is 18.7 Å². The molecule has 1 unspecified atom stereocenters. The minimum absolute atomic E-state index is 0.0600. The molecule has 0 saturated carbocycles. The highest BCUT2D eigenvalue weighted by atomic mass is 16.5. The lowest BCUT2D eigenvalue weighted by atomic mass is 9.76. The van der Waals surface area contributed by atoms with Gasteiger partial charge in [0.1, 0.15) is 6.26 Å². The van der Waals surface area contributed by atoms with Crippen LogP contribution in [0.4, 0.5) is 0 Å². The lowest BCUT2D eigenvalue weighted by Gasteiger charge is -2.38. The number of furan rings is 1. The largest absolute Gasteiger partial charge is 0.472 e. The molecule has 4 heterocycles. The van der Waals surface area contributed by atoms with E-state index in [4.69, 9.17) is 13.9 Å². The Kier molecular flexibility index (Phi) is 5.04. The third-order valence-corrected chi connectivity index (χ3v) is 5.49. The maximum absolute atomic E-state index is 12.4. The molecule has 4 rings (SSSR count). The predicted octanol–water partition coefficient (Wildman–Crippen LogP) is 2.90. The average Bonchev–Trinajstić information content (AvgIpc) is 3.34. The van der Waals surface area contributed by atoms with Gasteiger partial charge in [-0.3, -0.25) is 9.78 Å². The number of nitrogens with zero attached hydrogens (tertiary/aromatic N) is 2. The first-order valence-electron chi connectivity index (χ1n) is 9.14. The fourth-order valence-corrected chi connectivity index (χ4v) is 3.89. The van der Waals surface area contributed by atoms with Gasteiger partial charge in [0.15, 0.2) is 0 Å². The van der Waals surface area contributed by atoms with Gasteiger partial charge in [-0.15, -0.1) is 0 Å². The Balaban J connectivity index is 1.23. The fraction of sp³-hybridized carbons (Fsp3) is 0.500. The SMILES string of the molecule is O=C(c1ccoc1)N1CCC2(CC1)COC(COCc1ccncc1)C2. The summed E-state index contributed by atoms with van der Waals surface area (Å²) in [4.78, 5) is 18.3. The third kappa shape index (κ3) is 3.81. The van der Waals surface area contributed by atoms with Crippen LogP contribution in [0.3, 0.4) is 0 Å². The fourth-order valence-electron chi connectivity index (χ4n) is 3.89. The predicted molar refractivity (Wildman–Crippen MR) is 94.5 cm³/mol. The number of aromatic nitrogens is 1. The number of pyridine rings is 1. The summed E-state index contributed by atoms with van der Waals surface area (Å²) in [6.45, 7) is 3.52. The van der Waals surface area contributed by atoms with E-state index in [1.807, 2.05) is 17.0 Å². The molecular weight excluding hydrogens is 332 g/mol. The first kappa shape index (κ1) is 17.2. The molecule has 1 amide bonds. The van der Waals surface area contributed by atoms with E-state index in [9.17, 15) is 4.79 Å². The van der Waals surface area contributed by atoms with E-state index in [1.54, 1.807) is 24.7 Å². The molecule has 2 aliphatic rings. The number of ether oxygens (including phenoxy) is 2. The van der Waals surface area contributed by atoms with Gasteiger partial charge in [-0.05, 0) is 48.4 Å². The Hall–Kier alpha value is -2.18. The standard InChI is InChI=1S/C20H24N2O4/c23-19(17-3-10-24-13-17)22-8-4-20(5-9-22)11-18(26-15-20)14-25-12-16-1-6-21-7-2-16/h1-3,6-7,10,13,18H,4-5,8-9,11-12,14-15H2. The van der Waals surface area contributed by atoms with E-state index in [0.29, 0.717) is 18.8 Å². The number of amides is 1. The summed E-state index contributed by atoms with van der Waals surface area (Å²) in [6, 6.07) is 5.65. The van der Waals surface area contributed by atoms with E-state index in [-0.39, 0.29) is 17.4 Å². The molecular formula is C20H24N2O4. The van der Waals surface area contributed by atoms with Crippen molar-refractivity contribution in [2.24, 2.45) is 5.41 Å². The lowest BCUT2D eigenvalue weighted by molar-refractivity contribution is 0.00654. The molecule has 138 valence electrons. The van der Waals surface area contributed by atoms with E-state index < -0.39 is 0 Å². The van der Waals surface area contributed by atoms with Crippen LogP contribution in [0.25, 0.3) is 0 Å². The van der Waals surface area contributed by atoms with Crippen LogP contribution in [0, 0.1) is 5.41 Å². The van der Waals surface area contributed by atoms with Crippen LogP contribution < -0.4 is 0 Å². The van der Waals surface area contributed by atoms with Gasteiger partial charge in [-0.25, -0.2) is 0 Å². The summed E-state index contributed by atoms with van der Waals surface area (Å²) in [5.41, 5.74) is 1.95. The molecule has 26 heavy (non-hydrogen) atoms. The number of carbonyl (C=O) groups is 1. The van der Waals surface area contributed by atoms with E-state index in [2.05, 4.69) is 4.98 Å². The molecule has 6 heteroatoms. The van der Waals surface area contributed by atoms with Crippen LogP contribution in [0.5, 0.6) is 0 Å². The van der Waals surface area contributed by atoms with Crippen LogP contribution >= 0.6 is 0 Å². The molecule has 0 N–H and O–H groups in total. The van der Waals surface area contributed by atoms with Gasteiger partial charge in [0.05, 0.1) is 37.8 Å². The molecule has 2 aliphatic heterocycles. The number of rotatable bonds is 5. The van der Waals surface area contributed by atoms with Crippen molar-refractivity contribution in [1.29, 1.82) is 0 Å². The summed E-state index contributed by atoms with van der Waals surface area (Å²) in [5, 5.41) is 0. The summed E-state index contributed by atoms with van der Waals surface area (Å²) in [6.07, 6.45) is 9.73. The molecule has 6 nitrogen and oxygen atoms in total. The molecule has 0 bridgehead atoms. The van der Waals surface area contributed by atoms with Gasteiger partial charge in [0.2, 0.25) is 0 Å². The molecule has 0 aromatic carbocycles. The zero-order valence-corrected chi connectivity index (χ0v) is 14.8. The third-order valence-electron chi connectivity index (χ3n) is 5.49. The van der Waals surface area contributed by atoms with Gasteiger partial charge in [-0.1, -0.05) is 0 Å². The second-order valence-electron chi connectivity index (χ2n) is 7.31. The van der Waals surface area contributed by atoms with Gasteiger partial charge >= 0.3 is 0 Å². The van der Waals surface area contributed by atoms with Gasteiger partial charge in [0, 0.05) is 25.5 Å². The van der Waals surface area contributed by atoms with Crippen LogP contribution in [0.15, 0.2) is 47.5 Å². The highest BCUT2D eigenvalue weighted by Crippen LogP contribution is 2.42. The number of likely N-dealkylation sites (tertiary alicyclic amines) is 1. The lowest BCUT2D eigenvalue weighted by Crippen LogP contribution is -2.43. The Morgan fingerprint density at radius 1 is 1.27 bits per heavy atom.